The van der Waals surface area contributed by atoms with Crippen molar-refractivity contribution in [1.29, 1.82) is 0 Å². The maximum atomic E-state index is 13.5. The number of aliphatic hydroxyl groups is 1. The van der Waals surface area contributed by atoms with Gasteiger partial charge in [-0.2, -0.15) is 24.9 Å². The van der Waals surface area contributed by atoms with E-state index in [-0.39, 0.29) is 42.4 Å². The summed E-state index contributed by atoms with van der Waals surface area (Å²) in [7, 11) is 1.12. The van der Waals surface area contributed by atoms with Gasteiger partial charge in [-0.1, -0.05) is 12.1 Å². The number of anilines is 1. The molecule has 0 aromatic heterocycles. The first-order valence-corrected chi connectivity index (χ1v) is 9.30. The van der Waals surface area contributed by atoms with Gasteiger partial charge < -0.3 is 20.1 Å². The van der Waals surface area contributed by atoms with Crippen LogP contribution in [0.25, 0.3) is 0 Å². The average Bonchev–Trinajstić information content (AvgIpc) is 2.91. The molecular weight excluding hydrogens is 385 g/mol. The van der Waals surface area contributed by atoms with Crippen LogP contribution in [0.5, 0.6) is 0 Å². The number of halogens is 3. The monoisotopic (exact) mass is 404 g/mol. The molecule has 0 bridgehead atoms. The highest BCUT2D eigenvalue weighted by Gasteiger charge is 2.38. The predicted molar refractivity (Wildman–Crippen MR) is 95.0 cm³/mol. The molecule has 1 aromatic carbocycles. The van der Waals surface area contributed by atoms with Crippen LogP contribution in [0.1, 0.15) is 11.1 Å². The number of nitrogens with zero attached hydrogens (tertiary/aromatic N) is 1. The molecule has 1 aromatic rings. The van der Waals surface area contributed by atoms with Crippen LogP contribution in [0.15, 0.2) is 29.5 Å². The van der Waals surface area contributed by atoms with Gasteiger partial charge in [-0.3, -0.25) is 4.79 Å². The van der Waals surface area contributed by atoms with Crippen LogP contribution in [-0.4, -0.2) is 54.9 Å². The molecule has 0 aliphatic carbocycles. The summed E-state index contributed by atoms with van der Waals surface area (Å²) in [5.41, 5.74) is -1.20. The van der Waals surface area contributed by atoms with E-state index in [0.29, 0.717) is 5.56 Å². The van der Waals surface area contributed by atoms with Gasteiger partial charge in [0.05, 0.1) is 37.1 Å². The number of benzene rings is 1. The van der Waals surface area contributed by atoms with E-state index in [4.69, 9.17) is 5.11 Å². The van der Waals surface area contributed by atoms with Crippen molar-refractivity contribution in [2.45, 2.75) is 11.9 Å². The van der Waals surface area contributed by atoms with Crippen molar-refractivity contribution in [3.63, 3.8) is 0 Å². The number of thioether (sulfide) groups is 1. The zero-order chi connectivity index (χ0) is 20.2. The van der Waals surface area contributed by atoms with Gasteiger partial charge in [0, 0.05) is 12.3 Å². The highest BCUT2D eigenvalue weighted by molar-refractivity contribution is 7.97. The number of hydrogen-bond acceptors (Lipinski definition) is 6. The summed E-state index contributed by atoms with van der Waals surface area (Å²) in [4.78, 5) is 25.7. The van der Waals surface area contributed by atoms with E-state index in [1.165, 1.54) is 28.8 Å². The van der Waals surface area contributed by atoms with Gasteiger partial charge in [0.1, 0.15) is 5.70 Å². The van der Waals surface area contributed by atoms with E-state index in [9.17, 15) is 22.8 Å². The van der Waals surface area contributed by atoms with E-state index in [1.807, 2.05) is 0 Å². The number of aliphatic hydroxyl groups excluding tert-OH is 1. The molecule has 0 spiro atoms. The lowest BCUT2D eigenvalue weighted by Gasteiger charge is -2.19. The third kappa shape index (κ3) is 4.56. The molecule has 1 aliphatic rings. The molecule has 1 amide bonds. The number of hydrogen-bond donors (Lipinski definition) is 2. The molecule has 6 nitrogen and oxygen atoms in total. The minimum atomic E-state index is -4.64. The van der Waals surface area contributed by atoms with Crippen LogP contribution in [-0.2, 0) is 26.3 Å². The molecule has 0 saturated heterocycles. The second-order valence-corrected chi connectivity index (χ2v) is 6.56. The number of para-hydroxylation sites is 1. The highest BCUT2D eigenvalue weighted by Crippen LogP contribution is 2.39. The highest BCUT2D eigenvalue weighted by atomic mass is 32.2. The molecule has 0 saturated carbocycles. The molecule has 1 heterocycles. The minimum absolute atomic E-state index is 0.0525. The third-order valence-electron chi connectivity index (χ3n) is 3.96. The van der Waals surface area contributed by atoms with Gasteiger partial charge in [0.15, 0.2) is 0 Å². The van der Waals surface area contributed by atoms with E-state index >= 15 is 0 Å². The molecule has 148 valence electrons. The topological polar surface area (TPSA) is 78.9 Å². The van der Waals surface area contributed by atoms with Gasteiger partial charge in [0.2, 0.25) is 0 Å². The molecule has 0 radical (unpaired) electrons. The number of amides is 1. The molecule has 10 heteroatoms. The molecular formula is C17H19F3N2O4S. The lowest BCUT2D eigenvalue weighted by Crippen LogP contribution is -2.31. The van der Waals surface area contributed by atoms with Crippen LogP contribution >= 0.6 is 11.8 Å². The lowest BCUT2D eigenvalue weighted by atomic mass is 10.1. The van der Waals surface area contributed by atoms with E-state index in [1.54, 1.807) is 6.26 Å². The van der Waals surface area contributed by atoms with E-state index in [0.717, 1.165) is 13.2 Å². The Morgan fingerprint density at radius 3 is 2.67 bits per heavy atom. The Morgan fingerprint density at radius 1 is 1.41 bits per heavy atom. The second kappa shape index (κ2) is 8.66. The summed E-state index contributed by atoms with van der Waals surface area (Å²) < 4.78 is 45.1. The van der Waals surface area contributed by atoms with E-state index < -0.39 is 23.6 Å². The summed E-state index contributed by atoms with van der Waals surface area (Å²) in [6.07, 6.45) is -2.90. The Bertz CT molecular complexity index is 765. The fourth-order valence-electron chi connectivity index (χ4n) is 2.73. The van der Waals surface area contributed by atoms with Crippen molar-refractivity contribution in [2.75, 3.05) is 38.4 Å². The number of esters is 1. The Kier molecular flexibility index (Phi) is 6.77. The number of carbonyl (C=O) groups excluding carboxylic acids is 2. The Morgan fingerprint density at radius 2 is 2.11 bits per heavy atom. The quantitative estimate of drug-likeness (QED) is 0.679. The second-order valence-electron chi connectivity index (χ2n) is 5.69. The lowest BCUT2D eigenvalue weighted by molar-refractivity contribution is -0.137. The predicted octanol–water partition coefficient (Wildman–Crippen LogP) is 2.24. The van der Waals surface area contributed by atoms with Crippen molar-refractivity contribution in [3.05, 3.63) is 40.6 Å². The molecule has 1 aliphatic heterocycles. The number of β-amino-alcohol motifs (C(OH)–C–C–N with tert-alkyl or cyclic N) is 1. The number of nitrogens with one attached hydrogen (secondary N) is 1. The van der Waals surface area contributed by atoms with Crippen LogP contribution in [0.2, 0.25) is 0 Å². The van der Waals surface area contributed by atoms with Crippen molar-refractivity contribution in [1.82, 2.24) is 4.90 Å². The van der Waals surface area contributed by atoms with Crippen molar-refractivity contribution >= 4 is 29.3 Å². The standard InChI is InChI=1S/C17H19F3N2O4S/c1-26-16(25)11-8-22(6-7-23)15(24)14(11)21-13-10(9-27-2)4-3-5-12(13)17(18,19)20/h3-5,21,23H,6-9H2,1-2H3. The first-order valence-electron chi connectivity index (χ1n) is 7.91. The number of ether oxygens (including phenoxy) is 1. The maximum absolute atomic E-state index is 13.5. The zero-order valence-electron chi connectivity index (χ0n) is 14.7. The number of rotatable bonds is 7. The van der Waals surface area contributed by atoms with Crippen LogP contribution < -0.4 is 5.32 Å². The largest absolute Gasteiger partial charge is 0.466 e. The Hall–Kier alpha value is -2.20. The summed E-state index contributed by atoms with van der Waals surface area (Å²) >= 11 is 1.32. The first kappa shape index (κ1) is 21.1. The minimum Gasteiger partial charge on any atom is -0.466 e. The average molecular weight is 404 g/mol. The fourth-order valence-corrected chi connectivity index (χ4v) is 3.29. The molecule has 0 atom stereocenters. The molecule has 0 fully saturated rings. The van der Waals surface area contributed by atoms with Gasteiger partial charge in [-0.05, 0) is 17.9 Å². The van der Waals surface area contributed by atoms with Gasteiger partial charge in [-0.25, -0.2) is 4.79 Å². The van der Waals surface area contributed by atoms with Crippen molar-refractivity contribution in [2.24, 2.45) is 0 Å². The van der Waals surface area contributed by atoms with Gasteiger partial charge in [-0.15, -0.1) is 0 Å². The number of alkyl halides is 3. The smallest absolute Gasteiger partial charge is 0.418 e. The molecule has 2 N–H and O–H groups in total. The zero-order valence-corrected chi connectivity index (χ0v) is 15.5. The summed E-state index contributed by atoms with van der Waals surface area (Å²) in [5, 5.41) is 11.6. The summed E-state index contributed by atoms with van der Waals surface area (Å²) in [6.45, 7) is -0.548. The van der Waals surface area contributed by atoms with Crippen LogP contribution in [0, 0.1) is 0 Å². The van der Waals surface area contributed by atoms with Crippen LogP contribution in [0.4, 0.5) is 18.9 Å². The molecule has 2 rings (SSSR count). The SMILES string of the molecule is COC(=O)C1=C(Nc2c(CSC)cccc2C(F)(F)F)C(=O)N(CCO)C1. The summed E-state index contributed by atoms with van der Waals surface area (Å²) in [6, 6.07) is 3.73. The molecule has 27 heavy (non-hydrogen) atoms. The first-order chi connectivity index (χ1) is 12.7. The number of carbonyl (C=O) groups is 2. The van der Waals surface area contributed by atoms with Crippen LogP contribution in [0.3, 0.4) is 0 Å². The van der Waals surface area contributed by atoms with Gasteiger partial charge >= 0.3 is 12.1 Å². The van der Waals surface area contributed by atoms with E-state index in [2.05, 4.69) is 10.1 Å². The van der Waals surface area contributed by atoms with Gasteiger partial charge in [0.25, 0.3) is 5.91 Å². The summed E-state index contributed by atoms with van der Waals surface area (Å²) in [5.74, 6) is -1.21. The Labute approximate surface area is 158 Å². The van der Waals surface area contributed by atoms with Crippen molar-refractivity contribution in [3.8, 4) is 0 Å². The fraction of sp³-hybridized carbons (Fsp3) is 0.412. The third-order valence-corrected chi connectivity index (χ3v) is 4.56. The number of methoxy groups -OCH3 is 1. The van der Waals surface area contributed by atoms with Crippen molar-refractivity contribution < 1.29 is 32.6 Å². The molecule has 0 unspecified atom stereocenters. The Balaban J connectivity index is 2.55. The normalized spacial score (nSPS) is 14.7. The maximum Gasteiger partial charge on any atom is 0.418 e.